The molecule has 0 aromatic heterocycles. The third kappa shape index (κ3) is 9.62. The van der Waals surface area contributed by atoms with Crippen molar-refractivity contribution >= 4 is 24.4 Å². The lowest BCUT2D eigenvalue weighted by molar-refractivity contribution is -0.128. The number of carbonyl (C=O) groups is 4. The number of carbonyl (C=O) groups excluding carboxylic acids is 4. The molecule has 1 aliphatic rings. The van der Waals surface area contributed by atoms with E-state index in [2.05, 4.69) is 10.6 Å². The minimum atomic E-state index is -0.725. The van der Waals surface area contributed by atoms with E-state index in [1.165, 1.54) is 0 Å². The van der Waals surface area contributed by atoms with E-state index >= 15 is 0 Å². The molecule has 0 spiro atoms. The first-order valence-corrected chi connectivity index (χ1v) is 9.19. The van der Waals surface area contributed by atoms with E-state index in [0.29, 0.717) is 38.5 Å². The summed E-state index contributed by atoms with van der Waals surface area (Å²) in [5, 5.41) is 23.8. The van der Waals surface area contributed by atoms with Gasteiger partial charge in [0, 0.05) is 31.8 Å². The van der Waals surface area contributed by atoms with E-state index in [-0.39, 0.29) is 30.6 Å². The van der Waals surface area contributed by atoms with Crippen molar-refractivity contribution in [2.24, 2.45) is 11.8 Å². The molecule has 26 heavy (non-hydrogen) atoms. The molecule has 1 fully saturated rings. The van der Waals surface area contributed by atoms with Crippen LogP contribution >= 0.6 is 0 Å². The summed E-state index contributed by atoms with van der Waals surface area (Å²) >= 11 is 0. The molecule has 2 atom stereocenters. The minimum Gasteiger partial charge on any atom is -0.390 e. The lowest BCUT2D eigenvalue weighted by Gasteiger charge is -2.10. The fraction of sp³-hybridized carbons (Fsp3) is 0.778. The summed E-state index contributed by atoms with van der Waals surface area (Å²) in [6.07, 6.45) is 2.65. The second-order valence-electron chi connectivity index (χ2n) is 6.39. The maximum absolute atomic E-state index is 11.4. The second-order valence-corrected chi connectivity index (χ2v) is 6.39. The van der Waals surface area contributed by atoms with Crippen LogP contribution in [0.5, 0.6) is 0 Å². The van der Waals surface area contributed by atoms with Crippen molar-refractivity contribution < 1.29 is 29.4 Å². The minimum absolute atomic E-state index is 0.0440. The Kier molecular flexibility index (Phi) is 13.4. The molecule has 0 heterocycles. The molecule has 150 valence electrons. The summed E-state index contributed by atoms with van der Waals surface area (Å²) in [7, 11) is 0. The molecule has 0 radical (unpaired) electrons. The number of aliphatic hydroxyl groups is 2. The van der Waals surface area contributed by atoms with Gasteiger partial charge in [-0.3, -0.25) is 9.59 Å². The number of nitrogens with one attached hydrogen (secondary N) is 2. The van der Waals surface area contributed by atoms with Crippen molar-refractivity contribution in [3.63, 3.8) is 0 Å². The molecule has 1 saturated carbocycles. The van der Waals surface area contributed by atoms with E-state index in [4.69, 9.17) is 0 Å². The van der Waals surface area contributed by atoms with Crippen LogP contribution in [-0.4, -0.2) is 59.9 Å². The van der Waals surface area contributed by atoms with Crippen LogP contribution in [-0.2, 0) is 19.2 Å². The first kappa shape index (κ1) is 24.2. The number of hydrogen-bond acceptors (Lipinski definition) is 6. The maximum atomic E-state index is 11.4. The summed E-state index contributed by atoms with van der Waals surface area (Å²) in [5.41, 5.74) is 0. The van der Waals surface area contributed by atoms with Crippen LogP contribution in [0.1, 0.15) is 52.4 Å². The van der Waals surface area contributed by atoms with Crippen LogP contribution in [0.25, 0.3) is 0 Å². The van der Waals surface area contributed by atoms with Gasteiger partial charge in [-0.1, -0.05) is 13.8 Å². The Bertz CT molecular complexity index is 423. The van der Waals surface area contributed by atoms with E-state index < -0.39 is 18.1 Å². The molecule has 2 amide bonds. The molecule has 1 rings (SSSR count). The van der Waals surface area contributed by atoms with Crippen molar-refractivity contribution in [3.8, 4) is 0 Å². The molecular formula is C18H32N2O6. The van der Waals surface area contributed by atoms with Crippen LogP contribution < -0.4 is 10.6 Å². The predicted octanol–water partition coefficient (Wildman–Crippen LogP) is -0.0488. The number of aliphatic hydroxyl groups excluding tert-OH is 2. The first-order valence-electron chi connectivity index (χ1n) is 9.19. The van der Waals surface area contributed by atoms with E-state index in [1.807, 2.05) is 13.8 Å². The highest BCUT2D eigenvalue weighted by Gasteiger charge is 2.35. The van der Waals surface area contributed by atoms with Crippen LogP contribution in [0.3, 0.4) is 0 Å². The maximum Gasteiger partial charge on any atom is 0.223 e. The Labute approximate surface area is 154 Å². The molecule has 0 bridgehead atoms. The molecule has 0 aliphatic heterocycles. The Morgan fingerprint density at radius 1 is 0.962 bits per heavy atom. The van der Waals surface area contributed by atoms with Gasteiger partial charge in [-0.25, -0.2) is 0 Å². The normalized spacial score (nSPS) is 21.5. The van der Waals surface area contributed by atoms with Gasteiger partial charge in [-0.15, -0.1) is 0 Å². The van der Waals surface area contributed by atoms with Crippen LogP contribution in [0.2, 0.25) is 0 Å². The Morgan fingerprint density at radius 3 is 1.85 bits per heavy atom. The van der Waals surface area contributed by atoms with Gasteiger partial charge in [0.05, 0.1) is 18.1 Å². The highest BCUT2D eigenvalue weighted by molar-refractivity contribution is 5.83. The second kappa shape index (κ2) is 14.4. The Morgan fingerprint density at radius 2 is 1.42 bits per heavy atom. The van der Waals surface area contributed by atoms with Gasteiger partial charge >= 0.3 is 0 Å². The number of hydrogen-bond donors (Lipinski definition) is 4. The van der Waals surface area contributed by atoms with Crippen molar-refractivity contribution in [1.82, 2.24) is 10.6 Å². The molecule has 8 nitrogen and oxygen atoms in total. The molecule has 0 aromatic carbocycles. The molecule has 2 unspecified atom stereocenters. The van der Waals surface area contributed by atoms with E-state index in [0.717, 1.165) is 12.8 Å². The van der Waals surface area contributed by atoms with Gasteiger partial charge in [0.2, 0.25) is 11.8 Å². The summed E-state index contributed by atoms with van der Waals surface area (Å²) in [5.74, 6) is -0.948. The van der Waals surface area contributed by atoms with Gasteiger partial charge in [0.25, 0.3) is 0 Å². The van der Waals surface area contributed by atoms with Crippen molar-refractivity contribution in [1.29, 1.82) is 0 Å². The Hall–Kier alpha value is -1.80. The number of aldehydes is 2. The van der Waals surface area contributed by atoms with Gasteiger partial charge in [-0.2, -0.15) is 0 Å². The smallest absolute Gasteiger partial charge is 0.223 e. The lowest BCUT2D eigenvalue weighted by Crippen LogP contribution is -2.31. The first-order chi connectivity index (χ1) is 12.4. The van der Waals surface area contributed by atoms with Gasteiger partial charge in [0.15, 0.2) is 0 Å². The third-order valence-electron chi connectivity index (χ3n) is 4.10. The zero-order valence-corrected chi connectivity index (χ0v) is 15.6. The highest BCUT2D eigenvalue weighted by atomic mass is 16.3. The lowest BCUT2D eigenvalue weighted by atomic mass is 10.0. The standard InChI is InChI=1S/C9H17NO3.C9H15NO3/c1-2-3-10-9(13)6-4-7(11)8(12)5-6;1-2-5-10-9(13)8(3-6-11)4-7-12/h6-8,11-12H,2-5H2,1H3,(H,10,13);6-8H,2-5H2,1H3,(H,10,13). The molecule has 1 aliphatic carbocycles. The largest absolute Gasteiger partial charge is 0.390 e. The predicted molar refractivity (Wildman–Crippen MR) is 96.2 cm³/mol. The monoisotopic (exact) mass is 372 g/mol. The van der Waals surface area contributed by atoms with Crippen molar-refractivity contribution in [2.45, 2.75) is 64.6 Å². The summed E-state index contributed by atoms with van der Waals surface area (Å²) in [6, 6.07) is 0. The van der Waals surface area contributed by atoms with E-state index in [9.17, 15) is 29.4 Å². The topological polar surface area (TPSA) is 133 Å². The molecule has 0 aromatic rings. The fourth-order valence-electron chi connectivity index (χ4n) is 2.54. The van der Waals surface area contributed by atoms with Gasteiger partial charge in [0.1, 0.15) is 12.6 Å². The Balaban J connectivity index is 0.000000481. The molecular weight excluding hydrogens is 340 g/mol. The van der Waals surface area contributed by atoms with Crippen molar-refractivity contribution in [3.05, 3.63) is 0 Å². The highest BCUT2D eigenvalue weighted by Crippen LogP contribution is 2.25. The fourth-order valence-corrected chi connectivity index (χ4v) is 2.54. The summed E-state index contributed by atoms with van der Waals surface area (Å²) < 4.78 is 0. The average Bonchev–Trinajstić information content (AvgIpc) is 2.97. The third-order valence-corrected chi connectivity index (χ3v) is 4.10. The van der Waals surface area contributed by atoms with Gasteiger partial charge < -0.3 is 30.4 Å². The van der Waals surface area contributed by atoms with Crippen LogP contribution in [0.4, 0.5) is 0 Å². The quantitative estimate of drug-likeness (QED) is 0.398. The number of amides is 2. The zero-order valence-electron chi connectivity index (χ0n) is 15.6. The molecule has 4 N–H and O–H groups in total. The van der Waals surface area contributed by atoms with Crippen molar-refractivity contribution in [2.75, 3.05) is 13.1 Å². The average molecular weight is 372 g/mol. The van der Waals surface area contributed by atoms with Gasteiger partial charge in [-0.05, 0) is 25.7 Å². The number of rotatable bonds is 10. The summed E-state index contributed by atoms with van der Waals surface area (Å²) in [4.78, 5) is 43.0. The summed E-state index contributed by atoms with van der Waals surface area (Å²) in [6.45, 7) is 5.18. The van der Waals surface area contributed by atoms with Crippen LogP contribution in [0, 0.1) is 11.8 Å². The zero-order chi connectivity index (χ0) is 19.9. The molecule has 0 saturated heterocycles. The molecule has 8 heteroatoms. The van der Waals surface area contributed by atoms with Crippen LogP contribution in [0.15, 0.2) is 0 Å². The SMILES string of the molecule is CCCNC(=O)C(CC=O)CC=O.CCCNC(=O)C1CC(O)C(O)C1. The van der Waals surface area contributed by atoms with E-state index in [1.54, 1.807) is 0 Å².